The molecule has 0 radical (unpaired) electrons. The van der Waals surface area contributed by atoms with Gasteiger partial charge in [-0.25, -0.2) is 9.97 Å². The zero-order valence-corrected chi connectivity index (χ0v) is 15.4. The van der Waals surface area contributed by atoms with Crippen LogP contribution in [-0.4, -0.2) is 58.3 Å². The maximum Gasteiger partial charge on any atom is 0.257 e. The van der Waals surface area contributed by atoms with E-state index in [0.29, 0.717) is 24.6 Å². The summed E-state index contributed by atoms with van der Waals surface area (Å²) in [7, 11) is 1.85. The molecule has 2 aromatic rings. The van der Waals surface area contributed by atoms with Crippen LogP contribution in [-0.2, 0) is 4.79 Å². The van der Waals surface area contributed by atoms with Crippen LogP contribution in [0, 0.1) is 5.41 Å². The molecular weight excluding hydrogens is 342 g/mol. The van der Waals surface area contributed by atoms with Crippen molar-refractivity contribution in [3.05, 3.63) is 48.3 Å². The highest BCUT2D eigenvalue weighted by atomic mass is 16.2. The lowest BCUT2D eigenvalue weighted by molar-refractivity contribution is -0.143. The Morgan fingerprint density at radius 1 is 1.11 bits per heavy atom. The number of benzene rings is 1. The number of hydrogen-bond donors (Lipinski definition) is 1. The topological polar surface area (TPSA) is 78.4 Å². The Kier molecular flexibility index (Phi) is 4.51. The number of nitrogens with zero attached hydrogens (tertiary/aromatic N) is 4. The van der Waals surface area contributed by atoms with Gasteiger partial charge < -0.3 is 15.1 Å². The summed E-state index contributed by atoms with van der Waals surface area (Å²) in [5.74, 6) is 0.501. The van der Waals surface area contributed by atoms with Crippen molar-refractivity contribution in [1.82, 2.24) is 19.8 Å². The fourth-order valence-corrected chi connectivity index (χ4v) is 4.03. The van der Waals surface area contributed by atoms with Crippen molar-refractivity contribution in [3.63, 3.8) is 0 Å². The van der Waals surface area contributed by atoms with Crippen LogP contribution in [0.2, 0.25) is 0 Å². The van der Waals surface area contributed by atoms with Crippen LogP contribution in [0.15, 0.2) is 42.7 Å². The van der Waals surface area contributed by atoms with Gasteiger partial charge in [0.2, 0.25) is 11.9 Å². The Morgan fingerprint density at radius 3 is 2.59 bits per heavy atom. The molecule has 1 aromatic heterocycles. The van der Waals surface area contributed by atoms with E-state index in [1.165, 1.54) is 0 Å². The number of carbonyl (C=O) groups excluding carboxylic acids is 2. The number of para-hydroxylation sites is 1. The molecule has 1 N–H and O–H groups in total. The number of likely N-dealkylation sites (tertiary alicyclic amines) is 2. The van der Waals surface area contributed by atoms with Gasteiger partial charge >= 0.3 is 0 Å². The Hall–Kier alpha value is -2.96. The Bertz CT molecular complexity index is 839. The molecule has 7 heteroatoms. The number of nitrogens with one attached hydrogen (secondary N) is 1. The molecule has 1 spiro atoms. The fraction of sp³-hybridized carbons (Fsp3) is 0.400. The third-order valence-corrected chi connectivity index (χ3v) is 5.52. The van der Waals surface area contributed by atoms with E-state index in [0.717, 1.165) is 31.5 Å². The summed E-state index contributed by atoms with van der Waals surface area (Å²) in [5.41, 5.74) is 0.929. The third-order valence-electron chi connectivity index (χ3n) is 5.52. The van der Waals surface area contributed by atoms with E-state index in [9.17, 15) is 9.59 Å². The molecule has 0 saturated carbocycles. The second kappa shape index (κ2) is 6.98. The molecule has 3 heterocycles. The maximum atomic E-state index is 12.8. The highest BCUT2D eigenvalue weighted by molar-refractivity contribution is 5.95. The second-order valence-electron chi connectivity index (χ2n) is 7.37. The monoisotopic (exact) mass is 365 g/mol. The SMILES string of the molecule is CN1CCC[C@]2(CCN(C(=O)c3cnc(Nc4ccccc4)nc3)C2)C1=O. The van der Waals surface area contributed by atoms with Gasteiger partial charge in [-0.3, -0.25) is 9.59 Å². The molecule has 4 rings (SSSR count). The zero-order valence-electron chi connectivity index (χ0n) is 15.4. The van der Waals surface area contributed by atoms with Crippen LogP contribution < -0.4 is 5.32 Å². The van der Waals surface area contributed by atoms with Crippen molar-refractivity contribution in [2.24, 2.45) is 5.41 Å². The first-order chi connectivity index (χ1) is 13.1. The number of carbonyl (C=O) groups is 2. The maximum absolute atomic E-state index is 12.8. The van der Waals surface area contributed by atoms with Crippen LogP contribution in [0.25, 0.3) is 0 Å². The van der Waals surface area contributed by atoms with Crippen LogP contribution in [0.1, 0.15) is 29.6 Å². The molecule has 2 amide bonds. The first kappa shape index (κ1) is 17.5. The van der Waals surface area contributed by atoms with E-state index >= 15 is 0 Å². The van der Waals surface area contributed by atoms with E-state index in [1.807, 2.05) is 37.4 Å². The third kappa shape index (κ3) is 3.37. The lowest BCUT2D eigenvalue weighted by Gasteiger charge is -2.37. The van der Waals surface area contributed by atoms with E-state index in [2.05, 4.69) is 15.3 Å². The summed E-state index contributed by atoms with van der Waals surface area (Å²) in [5, 5.41) is 3.10. The molecule has 7 nitrogen and oxygen atoms in total. The lowest BCUT2D eigenvalue weighted by Crippen LogP contribution is -2.48. The highest BCUT2D eigenvalue weighted by Crippen LogP contribution is 2.40. The van der Waals surface area contributed by atoms with E-state index in [-0.39, 0.29) is 11.8 Å². The lowest BCUT2D eigenvalue weighted by atomic mass is 9.78. The molecule has 1 aromatic carbocycles. The number of piperidine rings is 1. The molecule has 27 heavy (non-hydrogen) atoms. The van der Waals surface area contributed by atoms with Crippen molar-refractivity contribution in [2.45, 2.75) is 19.3 Å². The van der Waals surface area contributed by atoms with Gasteiger partial charge in [-0.05, 0) is 31.4 Å². The predicted molar refractivity (Wildman–Crippen MR) is 102 cm³/mol. The first-order valence-corrected chi connectivity index (χ1v) is 9.26. The molecule has 2 fully saturated rings. The quantitative estimate of drug-likeness (QED) is 0.903. The van der Waals surface area contributed by atoms with Crippen molar-refractivity contribution in [3.8, 4) is 0 Å². The number of aromatic nitrogens is 2. The Morgan fingerprint density at radius 2 is 1.85 bits per heavy atom. The second-order valence-corrected chi connectivity index (χ2v) is 7.37. The zero-order chi connectivity index (χ0) is 18.9. The van der Waals surface area contributed by atoms with Crippen LogP contribution in [0.4, 0.5) is 11.6 Å². The molecular formula is C20H23N5O2. The van der Waals surface area contributed by atoms with Gasteiger partial charge in [0.15, 0.2) is 0 Å². The molecule has 140 valence electrons. The minimum atomic E-state index is -0.404. The standard InChI is InChI=1S/C20H23N5O2/c1-24-10-5-8-20(18(24)27)9-11-25(14-20)17(26)15-12-21-19(22-13-15)23-16-6-3-2-4-7-16/h2-4,6-7,12-13H,5,8-11,14H2,1H3,(H,21,22,23)/t20-/m1/s1. The number of rotatable bonds is 3. The molecule has 2 saturated heterocycles. The number of anilines is 2. The normalized spacial score (nSPS) is 22.3. The van der Waals surface area contributed by atoms with Crippen molar-refractivity contribution >= 4 is 23.5 Å². The van der Waals surface area contributed by atoms with Crippen molar-refractivity contribution < 1.29 is 9.59 Å². The van der Waals surface area contributed by atoms with Gasteiger partial charge in [0, 0.05) is 44.8 Å². The van der Waals surface area contributed by atoms with E-state index < -0.39 is 5.41 Å². The van der Waals surface area contributed by atoms with Gasteiger partial charge in [-0.2, -0.15) is 0 Å². The minimum absolute atomic E-state index is 0.112. The van der Waals surface area contributed by atoms with Gasteiger partial charge in [-0.1, -0.05) is 18.2 Å². The van der Waals surface area contributed by atoms with E-state index in [4.69, 9.17) is 0 Å². The Balaban J connectivity index is 1.43. The van der Waals surface area contributed by atoms with Crippen molar-refractivity contribution in [1.29, 1.82) is 0 Å². The predicted octanol–water partition coefficient (Wildman–Crippen LogP) is 2.30. The number of amides is 2. The molecule has 0 bridgehead atoms. The summed E-state index contributed by atoms with van der Waals surface area (Å²) in [6.07, 6.45) is 5.67. The number of hydrogen-bond acceptors (Lipinski definition) is 5. The summed E-state index contributed by atoms with van der Waals surface area (Å²) in [4.78, 5) is 37.5. The van der Waals surface area contributed by atoms with Crippen LogP contribution >= 0.6 is 0 Å². The fourth-order valence-electron chi connectivity index (χ4n) is 4.03. The smallest absolute Gasteiger partial charge is 0.257 e. The first-order valence-electron chi connectivity index (χ1n) is 9.26. The highest BCUT2D eigenvalue weighted by Gasteiger charge is 2.48. The van der Waals surface area contributed by atoms with Gasteiger partial charge in [-0.15, -0.1) is 0 Å². The Labute approximate surface area is 158 Å². The minimum Gasteiger partial charge on any atom is -0.345 e. The molecule has 2 aliphatic rings. The molecule has 2 aliphatic heterocycles. The van der Waals surface area contributed by atoms with Gasteiger partial charge in [0.1, 0.15) is 0 Å². The van der Waals surface area contributed by atoms with Crippen LogP contribution in [0.5, 0.6) is 0 Å². The largest absolute Gasteiger partial charge is 0.345 e. The average molecular weight is 365 g/mol. The molecule has 1 atom stereocenters. The van der Waals surface area contributed by atoms with Gasteiger partial charge in [0.05, 0.1) is 11.0 Å². The van der Waals surface area contributed by atoms with Gasteiger partial charge in [0.25, 0.3) is 5.91 Å². The van der Waals surface area contributed by atoms with E-state index in [1.54, 1.807) is 22.2 Å². The summed E-state index contributed by atoms with van der Waals surface area (Å²) >= 11 is 0. The molecule has 0 unspecified atom stereocenters. The summed E-state index contributed by atoms with van der Waals surface area (Å²) in [6, 6.07) is 9.63. The summed E-state index contributed by atoms with van der Waals surface area (Å²) < 4.78 is 0. The summed E-state index contributed by atoms with van der Waals surface area (Å²) in [6.45, 7) is 1.89. The van der Waals surface area contributed by atoms with Crippen molar-refractivity contribution in [2.75, 3.05) is 32.0 Å². The van der Waals surface area contributed by atoms with Crippen LogP contribution in [0.3, 0.4) is 0 Å². The average Bonchev–Trinajstić information content (AvgIpc) is 3.12. The molecule has 0 aliphatic carbocycles.